The number of hydrogen-bond acceptors (Lipinski definition) is 6. The highest BCUT2D eigenvalue weighted by Crippen LogP contribution is 2.46. The third kappa shape index (κ3) is 13.8. The Kier molecular flexibility index (Phi) is 19.2. The predicted octanol–water partition coefficient (Wildman–Crippen LogP) is 25.6. The fourth-order valence-corrected chi connectivity index (χ4v) is 18.7. The first-order valence-electron chi connectivity index (χ1n) is 37.1. The van der Waals surface area contributed by atoms with E-state index in [4.69, 9.17) is 15.0 Å². The maximum Gasteiger partial charge on any atom is 0.213 e. The molecule has 0 radical (unpaired) electrons. The molecule has 0 aliphatic rings. The van der Waals surface area contributed by atoms with E-state index >= 15 is 0 Å². The molecule has 0 saturated heterocycles. The van der Waals surface area contributed by atoms with Crippen LogP contribution in [0.4, 0.5) is 0 Å². The molecule has 11 aromatic carbocycles. The van der Waals surface area contributed by atoms with Crippen LogP contribution < -0.4 is 13.7 Å². The molecule has 6 heterocycles. The van der Waals surface area contributed by atoms with Gasteiger partial charge in [0.2, 0.25) is 17.1 Å². The Morgan fingerprint density at radius 1 is 0.290 bits per heavy atom. The van der Waals surface area contributed by atoms with Crippen molar-refractivity contribution in [3.8, 4) is 87.2 Å². The highest BCUT2D eigenvalue weighted by Gasteiger charge is 2.29. The zero-order valence-electron chi connectivity index (χ0n) is 64.7. The van der Waals surface area contributed by atoms with Gasteiger partial charge in [-0.15, -0.1) is 34.0 Å². The van der Waals surface area contributed by atoms with Crippen molar-refractivity contribution >= 4 is 98.1 Å². The summed E-state index contributed by atoms with van der Waals surface area (Å²) in [7, 11) is 6.41. The van der Waals surface area contributed by atoms with Crippen molar-refractivity contribution in [3.05, 3.63) is 299 Å². The second kappa shape index (κ2) is 28.6. The van der Waals surface area contributed by atoms with E-state index in [1.54, 1.807) is 34.0 Å². The van der Waals surface area contributed by atoms with Crippen LogP contribution in [0.15, 0.2) is 255 Å². The summed E-state index contributed by atoms with van der Waals surface area (Å²) < 4.78 is 7.95. The molecule has 6 aromatic heterocycles. The van der Waals surface area contributed by atoms with Crippen LogP contribution in [-0.2, 0) is 37.4 Å². The molecule has 0 saturated carbocycles. The molecule has 6 nitrogen and oxygen atoms in total. The number of pyridine rings is 3. The van der Waals surface area contributed by atoms with Gasteiger partial charge in [-0.25, -0.2) is 28.7 Å². The Labute approximate surface area is 642 Å². The Balaban J connectivity index is 0.000000129. The molecule has 0 spiro atoms. The van der Waals surface area contributed by atoms with Gasteiger partial charge in [0.15, 0.2) is 18.6 Å². The first-order chi connectivity index (χ1) is 51.3. The lowest BCUT2D eigenvalue weighted by molar-refractivity contribution is -0.660. The summed E-state index contributed by atoms with van der Waals surface area (Å²) in [6, 6.07) is 85.5. The first-order valence-corrected chi connectivity index (χ1v) is 39.6. The van der Waals surface area contributed by atoms with Gasteiger partial charge in [0.1, 0.15) is 36.2 Å². The Morgan fingerprint density at radius 3 is 1.02 bits per heavy atom. The maximum absolute atomic E-state index is 5.26. The number of rotatable bonds is 8. The number of thiazole rings is 3. The highest BCUT2D eigenvalue weighted by atomic mass is 32.1. The minimum absolute atomic E-state index is 0.0351. The second-order valence-corrected chi connectivity index (χ2v) is 35.0. The van der Waals surface area contributed by atoms with Crippen LogP contribution in [0.1, 0.15) is 106 Å². The summed E-state index contributed by atoms with van der Waals surface area (Å²) in [5.41, 5.74) is 24.8. The van der Waals surface area contributed by atoms with E-state index in [9.17, 15) is 0 Å². The lowest BCUT2D eigenvalue weighted by Crippen LogP contribution is -2.30. The van der Waals surface area contributed by atoms with Crippen molar-refractivity contribution in [3.63, 3.8) is 0 Å². The van der Waals surface area contributed by atoms with E-state index in [1.165, 1.54) is 147 Å². The summed E-state index contributed by atoms with van der Waals surface area (Å²) in [5.74, 6) is 0. The third-order valence-corrected chi connectivity index (χ3v) is 24.7. The van der Waals surface area contributed by atoms with E-state index in [2.05, 4.69) is 381 Å². The van der Waals surface area contributed by atoms with Crippen LogP contribution in [0, 0.1) is 34.6 Å². The van der Waals surface area contributed by atoms with Crippen molar-refractivity contribution in [2.45, 2.75) is 113 Å². The average molecular weight is 1450 g/mol. The van der Waals surface area contributed by atoms with E-state index in [-0.39, 0.29) is 16.2 Å². The molecule has 530 valence electrons. The van der Waals surface area contributed by atoms with Gasteiger partial charge in [-0.2, -0.15) is 0 Å². The van der Waals surface area contributed by atoms with Crippen molar-refractivity contribution in [2.75, 3.05) is 0 Å². The molecular formula is C98H93N6S3+3. The van der Waals surface area contributed by atoms with Gasteiger partial charge >= 0.3 is 0 Å². The van der Waals surface area contributed by atoms with Crippen molar-refractivity contribution in [1.82, 2.24) is 15.0 Å². The lowest BCUT2D eigenvalue weighted by Gasteiger charge is -2.24. The maximum atomic E-state index is 5.26. The molecule has 0 aliphatic heterocycles. The lowest BCUT2D eigenvalue weighted by atomic mass is 9.80. The molecule has 0 unspecified atom stereocenters. The molecule has 0 fully saturated rings. The Bertz CT molecular complexity index is 5990. The standard InChI is InChI=1S/C36H31N2S.2C31H31N2S/c1-22-24-12-6-9-15-27(24)31(36(2,3)4)21-30(22)32-20-23(18-19-38(32)5)35-37-33-28-16-10-7-13-25(28)26-14-8-11-17-29(26)34(33)39-35;1-20-24-14-10-11-15-25(24)27(31(3,4)5)19-26(20)28-18-23(16-17-33(28)6)30-32-29(21(2)34-30)22-12-8-7-9-13-22;1-20-24-14-10-11-15-25(24)27(31(3,4)5)19-26(20)28-18-23(16-17-33(28)6)30-32-21(2)29(34-30)22-12-8-7-9-13-22/h6-21H,1-5H3;2*7-19H,1-6H3/q3*+1. The van der Waals surface area contributed by atoms with E-state index in [0.717, 1.165) is 48.6 Å². The van der Waals surface area contributed by atoms with Gasteiger partial charge in [-0.3, -0.25) is 0 Å². The van der Waals surface area contributed by atoms with Gasteiger partial charge in [-0.1, -0.05) is 244 Å². The number of aryl methyl sites for hydroxylation is 8. The molecule has 0 N–H and O–H groups in total. The topological polar surface area (TPSA) is 50.3 Å². The Morgan fingerprint density at radius 2 is 0.617 bits per heavy atom. The van der Waals surface area contributed by atoms with E-state index in [0.29, 0.717) is 0 Å². The molecule has 0 aliphatic carbocycles. The quantitative estimate of drug-likeness (QED) is 0.113. The molecule has 0 amide bonds. The largest absolute Gasteiger partial charge is 0.241 e. The summed E-state index contributed by atoms with van der Waals surface area (Å²) in [6.07, 6.45) is 6.50. The summed E-state index contributed by atoms with van der Waals surface area (Å²) in [6.45, 7) is 31.7. The fraction of sp³-hybridized carbons (Fsp3) is 0.204. The van der Waals surface area contributed by atoms with Crippen LogP contribution >= 0.6 is 34.0 Å². The summed E-state index contributed by atoms with van der Waals surface area (Å²) in [5, 5.41) is 16.2. The first kappa shape index (κ1) is 71.9. The molecule has 0 atom stereocenters. The Hall–Kier alpha value is -10.7. The van der Waals surface area contributed by atoms with Crippen molar-refractivity contribution in [1.29, 1.82) is 0 Å². The molecule has 17 aromatic rings. The minimum Gasteiger partial charge on any atom is -0.241 e. The zero-order chi connectivity index (χ0) is 75.0. The second-order valence-electron chi connectivity index (χ2n) is 31.8. The van der Waals surface area contributed by atoms with Gasteiger partial charge in [-0.05, 0) is 151 Å². The zero-order valence-corrected chi connectivity index (χ0v) is 67.1. The van der Waals surface area contributed by atoms with Crippen LogP contribution in [0.3, 0.4) is 0 Å². The van der Waals surface area contributed by atoms with Crippen molar-refractivity contribution in [2.24, 2.45) is 21.1 Å². The number of aromatic nitrogens is 6. The van der Waals surface area contributed by atoms with Crippen LogP contribution in [-0.4, -0.2) is 15.0 Å². The molecule has 9 heteroatoms. The normalized spacial score (nSPS) is 12.0. The van der Waals surface area contributed by atoms with Gasteiger partial charge in [0, 0.05) is 91.0 Å². The van der Waals surface area contributed by atoms with Gasteiger partial charge in [0.05, 0.1) is 26.5 Å². The number of fused-ring (bicyclic) bond motifs is 9. The molecular weight excluding hydrogens is 1360 g/mol. The van der Waals surface area contributed by atoms with Crippen molar-refractivity contribution < 1.29 is 13.7 Å². The van der Waals surface area contributed by atoms with Crippen LogP contribution in [0.2, 0.25) is 0 Å². The number of benzene rings is 11. The van der Waals surface area contributed by atoms with Crippen LogP contribution in [0.5, 0.6) is 0 Å². The van der Waals surface area contributed by atoms with E-state index < -0.39 is 0 Å². The SMILES string of the molecule is Cc1c(-c2cc(-c3nc4c5ccccc5c5ccccc5c4s3)cc[n+]2C)cc(C(C)(C)C)c2ccccc12.Cc1nc(-c2cc[n+](C)c(-c3cc(C(C)(C)C)c4ccccc4c3C)c2)sc1-c1ccccc1.Cc1sc(-c2cc[n+](C)c(-c3cc(C(C)(C)C)c4ccccc4c3C)c2)nc1-c1ccccc1. The fourth-order valence-electron chi connectivity index (χ4n) is 15.5. The summed E-state index contributed by atoms with van der Waals surface area (Å²) in [4.78, 5) is 17.8. The average Bonchev–Trinajstić information content (AvgIpc) is 1.67. The number of nitrogens with zero attached hydrogens (tertiary/aromatic N) is 6. The van der Waals surface area contributed by atoms with Crippen LogP contribution in [0.25, 0.3) is 151 Å². The number of hydrogen-bond donors (Lipinski definition) is 0. The molecule has 0 bridgehead atoms. The predicted molar refractivity (Wildman–Crippen MR) is 458 cm³/mol. The van der Waals surface area contributed by atoms with Gasteiger partial charge < -0.3 is 0 Å². The molecule has 17 rings (SSSR count). The van der Waals surface area contributed by atoms with Gasteiger partial charge in [0.25, 0.3) is 0 Å². The molecule has 107 heavy (non-hydrogen) atoms. The van der Waals surface area contributed by atoms with E-state index in [1.807, 2.05) is 6.07 Å². The smallest absolute Gasteiger partial charge is 0.213 e. The minimum atomic E-state index is 0.0351. The monoisotopic (exact) mass is 1450 g/mol. The third-order valence-electron chi connectivity index (χ3n) is 21.3. The highest BCUT2D eigenvalue weighted by molar-refractivity contribution is 7.22. The summed E-state index contributed by atoms with van der Waals surface area (Å²) >= 11 is 5.33.